The third kappa shape index (κ3) is 1.79. The van der Waals surface area contributed by atoms with Gasteiger partial charge in [0, 0.05) is 6.20 Å². The summed E-state index contributed by atoms with van der Waals surface area (Å²) in [5, 5.41) is 11.4. The van der Waals surface area contributed by atoms with E-state index in [4.69, 9.17) is 0 Å². The molecule has 0 amide bonds. The quantitative estimate of drug-likeness (QED) is 0.847. The molecule has 0 saturated heterocycles. The van der Waals surface area contributed by atoms with Crippen LogP contribution < -0.4 is 0 Å². The number of hydrogen-bond donors (Lipinski definition) is 1. The molecule has 1 aromatic heterocycles. The SMILES string of the molecule is CC(C)[C@]1(O)c2ccccc2CCc2cccnc21. The Balaban J connectivity index is 2.32. The predicted molar refractivity (Wildman–Crippen MR) is 75.9 cm³/mol. The second-order valence-electron chi connectivity index (χ2n) is 5.59. The van der Waals surface area contributed by atoms with Gasteiger partial charge in [-0.2, -0.15) is 0 Å². The monoisotopic (exact) mass is 253 g/mol. The number of aryl methyl sites for hydroxylation is 2. The van der Waals surface area contributed by atoms with E-state index < -0.39 is 5.60 Å². The van der Waals surface area contributed by atoms with E-state index in [-0.39, 0.29) is 5.92 Å². The fourth-order valence-electron chi connectivity index (χ4n) is 3.08. The van der Waals surface area contributed by atoms with Crippen molar-refractivity contribution in [3.63, 3.8) is 0 Å². The molecule has 1 aliphatic carbocycles. The second-order valence-corrected chi connectivity index (χ2v) is 5.59. The average Bonchev–Trinajstić information content (AvgIpc) is 2.56. The lowest BCUT2D eigenvalue weighted by Crippen LogP contribution is -2.35. The van der Waals surface area contributed by atoms with Crippen molar-refractivity contribution in [3.8, 4) is 0 Å². The molecular weight excluding hydrogens is 234 g/mol. The minimum atomic E-state index is -0.982. The number of fused-ring (bicyclic) bond motifs is 2. The summed E-state index contributed by atoms with van der Waals surface area (Å²) >= 11 is 0. The standard InChI is InChI=1S/C17H19NO/c1-12(2)17(19)15-8-4-3-6-13(15)9-10-14-7-5-11-18-16(14)17/h3-8,11-12,19H,9-10H2,1-2H3/t17-/m0/s1. The first kappa shape index (κ1) is 12.4. The Labute approximate surface area is 114 Å². The predicted octanol–water partition coefficient (Wildman–Crippen LogP) is 3.07. The molecule has 0 saturated carbocycles. The summed E-state index contributed by atoms with van der Waals surface area (Å²) in [6, 6.07) is 12.2. The van der Waals surface area contributed by atoms with Crippen LogP contribution in [0, 0.1) is 5.92 Å². The zero-order chi connectivity index (χ0) is 13.5. The summed E-state index contributed by atoms with van der Waals surface area (Å²) in [5.74, 6) is 0.0837. The van der Waals surface area contributed by atoms with Crippen molar-refractivity contribution in [2.24, 2.45) is 5.92 Å². The minimum absolute atomic E-state index is 0.0837. The van der Waals surface area contributed by atoms with Gasteiger partial charge in [0.05, 0.1) is 5.69 Å². The van der Waals surface area contributed by atoms with E-state index in [9.17, 15) is 5.11 Å². The largest absolute Gasteiger partial charge is 0.378 e. The van der Waals surface area contributed by atoms with Crippen LogP contribution in [-0.4, -0.2) is 10.1 Å². The van der Waals surface area contributed by atoms with Crippen LogP contribution in [0.4, 0.5) is 0 Å². The summed E-state index contributed by atoms with van der Waals surface area (Å²) in [4.78, 5) is 4.50. The van der Waals surface area contributed by atoms with Crippen LogP contribution in [0.1, 0.15) is 36.2 Å². The van der Waals surface area contributed by atoms with Gasteiger partial charge in [0.25, 0.3) is 0 Å². The Kier molecular flexibility index (Phi) is 2.90. The molecule has 2 nitrogen and oxygen atoms in total. The van der Waals surface area contributed by atoms with Crippen molar-refractivity contribution in [1.82, 2.24) is 4.98 Å². The maximum absolute atomic E-state index is 11.4. The van der Waals surface area contributed by atoms with Gasteiger partial charge in [0.2, 0.25) is 0 Å². The van der Waals surface area contributed by atoms with E-state index in [2.05, 4.69) is 31.0 Å². The fraction of sp³-hybridized carbons (Fsp3) is 0.353. The first-order chi connectivity index (χ1) is 9.14. The zero-order valence-corrected chi connectivity index (χ0v) is 11.4. The molecule has 1 aliphatic rings. The maximum atomic E-state index is 11.4. The van der Waals surface area contributed by atoms with Crippen LogP contribution in [-0.2, 0) is 18.4 Å². The highest BCUT2D eigenvalue weighted by Gasteiger charge is 2.41. The van der Waals surface area contributed by atoms with Gasteiger partial charge in [-0.25, -0.2) is 0 Å². The van der Waals surface area contributed by atoms with Crippen LogP contribution in [0.25, 0.3) is 0 Å². The first-order valence-electron chi connectivity index (χ1n) is 6.89. The molecular formula is C17H19NO. The molecule has 1 N–H and O–H groups in total. The Morgan fingerprint density at radius 2 is 1.74 bits per heavy atom. The number of aromatic nitrogens is 1. The van der Waals surface area contributed by atoms with E-state index in [0.29, 0.717) is 0 Å². The molecule has 3 rings (SSSR count). The van der Waals surface area contributed by atoms with Crippen molar-refractivity contribution in [2.75, 3.05) is 0 Å². The van der Waals surface area contributed by atoms with Crippen molar-refractivity contribution in [2.45, 2.75) is 32.3 Å². The third-order valence-corrected chi connectivity index (χ3v) is 4.18. The molecule has 2 aromatic rings. The molecule has 0 fully saturated rings. The highest BCUT2D eigenvalue weighted by molar-refractivity contribution is 5.45. The Bertz CT molecular complexity index is 556. The van der Waals surface area contributed by atoms with Crippen LogP contribution >= 0.6 is 0 Å². The van der Waals surface area contributed by atoms with Gasteiger partial charge in [-0.1, -0.05) is 44.2 Å². The van der Waals surface area contributed by atoms with Gasteiger partial charge in [-0.15, -0.1) is 0 Å². The van der Waals surface area contributed by atoms with Crippen molar-refractivity contribution in [3.05, 3.63) is 65.0 Å². The van der Waals surface area contributed by atoms with E-state index >= 15 is 0 Å². The molecule has 19 heavy (non-hydrogen) atoms. The lowest BCUT2D eigenvalue weighted by Gasteiger charge is -2.33. The van der Waals surface area contributed by atoms with Crippen LogP contribution in [0.3, 0.4) is 0 Å². The van der Waals surface area contributed by atoms with Gasteiger partial charge in [-0.3, -0.25) is 4.98 Å². The van der Waals surface area contributed by atoms with Gasteiger partial charge in [0.1, 0.15) is 5.60 Å². The number of benzene rings is 1. The highest BCUT2D eigenvalue weighted by Crippen LogP contribution is 2.41. The number of aliphatic hydroxyl groups is 1. The Hall–Kier alpha value is -1.67. The topological polar surface area (TPSA) is 33.1 Å². The first-order valence-corrected chi connectivity index (χ1v) is 6.89. The summed E-state index contributed by atoms with van der Waals surface area (Å²) in [6.45, 7) is 4.11. The van der Waals surface area contributed by atoms with Crippen molar-refractivity contribution in [1.29, 1.82) is 0 Å². The molecule has 0 bridgehead atoms. The molecule has 0 unspecified atom stereocenters. The second kappa shape index (κ2) is 4.46. The highest BCUT2D eigenvalue weighted by atomic mass is 16.3. The minimum Gasteiger partial charge on any atom is -0.378 e. The lowest BCUT2D eigenvalue weighted by molar-refractivity contribution is 0.0269. The van der Waals surface area contributed by atoms with E-state index in [1.165, 1.54) is 5.56 Å². The maximum Gasteiger partial charge on any atom is 0.134 e. The Morgan fingerprint density at radius 1 is 1.05 bits per heavy atom. The van der Waals surface area contributed by atoms with E-state index in [0.717, 1.165) is 29.7 Å². The molecule has 0 radical (unpaired) electrons. The van der Waals surface area contributed by atoms with E-state index in [1.54, 1.807) is 6.20 Å². The van der Waals surface area contributed by atoms with Crippen molar-refractivity contribution >= 4 is 0 Å². The van der Waals surface area contributed by atoms with Crippen molar-refractivity contribution < 1.29 is 5.11 Å². The zero-order valence-electron chi connectivity index (χ0n) is 11.4. The van der Waals surface area contributed by atoms with Gasteiger partial charge < -0.3 is 5.11 Å². The molecule has 1 aromatic carbocycles. The van der Waals surface area contributed by atoms with Gasteiger partial charge in [-0.05, 0) is 41.5 Å². The van der Waals surface area contributed by atoms with Crippen LogP contribution in [0.2, 0.25) is 0 Å². The van der Waals surface area contributed by atoms with Crippen LogP contribution in [0.15, 0.2) is 42.6 Å². The van der Waals surface area contributed by atoms with Gasteiger partial charge in [0.15, 0.2) is 0 Å². The number of nitrogens with zero attached hydrogens (tertiary/aromatic N) is 1. The molecule has 0 spiro atoms. The van der Waals surface area contributed by atoms with Crippen LogP contribution in [0.5, 0.6) is 0 Å². The lowest BCUT2D eigenvalue weighted by atomic mass is 9.78. The molecule has 1 atom stereocenters. The molecule has 2 heteroatoms. The summed E-state index contributed by atoms with van der Waals surface area (Å²) in [7, 11) is 0. The fourth-order valence-corrected chi connectivity index (χ4v) is 3.08. The van der Waals surface area contributed by atoms with E-state index in [1.807, 2.05) is 24.3 Å². The summed E-state index contributed by atoms with van der Waals surface area (Å²) < 4.78 is 0. The molecule has 0 aliphatic heterocycles. The van der Waals surface area contributed by atoms with Gasteiger partial charge >= 0.3 is 0 Å². The third-order valence-electron chi connectivity index (χ3n) is 4.18. The number of hydrogen-bond acceptors (Lipinski definition) is 2. The number of rotatable bonds is 1. The number of pyridine rings is 1. The Morgan fingerprint density at radius 3 is 2.53 bits per heavy atom. The summed E-state index contributed by atoms with van der Waals surface area (Å²) in [5.41, 5.74) is 3.26. The summed E-state index contributed by atoms with van der Waals surface area (Å²) in [6.07, 6.45) is 3.68. The average molecular weight is 253 g/mol. The molecule has 98 valence electrons. The molecule has 1 heterocycles. The smallest absolute Gasteiger partial charge is 0.134 e. The normalized spacial score (nSPS) is 21.7.